The molecule has 0 saturated heterocycles. The Morgan fingerprint density at radius 1 is 1.31 bits per heavy atom. The number of esters is 1. The Kier molecular flexibility index (Phi) is 6.97. The van der Waals surface area contributed by atoms with Crippen LogP contribution >= 0.6 is 11.8 Å². The second-order valence-electron chi connectivity index (χ2n) is 6.00. The highest BCUT2D eigenvalue weighted by Crippen LogP contribution is 2.39. The number of nitrogens with zero attached hydrogens (tertiary/aromatic N) is 1. The molecule has 26 heavy (non-hydrogen) atoms. The van der Waals surface area contributed by atoms with Gasteiger partial charge in [-0.15, -0.1) is 0 Å². The lowest BCUT2D eigenvalue weighted by Crippen LogP contribution is -2.31. The minimum Gasteiger partial charge on any atom is -0.497 e. The first-order valence-electron chi connectivity index (χ1n) is 8.52. The van der Waals surface area contributed by atoms with E-state index < -0.39 is 6.04 Å². The maximum atomic E-state index is 12.6. The number of carbonyl (C=O) groups is 1. The SMILES string of the molecule is CCOC(=O)C1=C(C)NC(SC(C)C)=N[C@H]1c1ccc(OC)cc1OC. The molecule has 0 radical (unpaired) electrons. The smallest absolute Gasteiger partial charge is 0.338 e. The van der Waals surface area contributed by atoms with Crippen LogP contribution in [0.3, 0.4) is 0 Å². The van der Waals surface area contributed by atoms with E-state index in [1.165, 1.54) is 0 Å². The molecule has 0 amide bonds. The average molecular weight is 378 g/mol. The van der Waals surface area contributed by atoms with E-state index in [-0.39, 0.29) is 5.97 Å². The minimum absolute atomic E-state index is 0.305. The predicted molar refractivity (Wildman–Crippen MR) is 105 cm³/mol. The highest BCUT2D eigenvalue weighted by Gasteiger charge is 2.32. The molecule has 0 fully saturated rings. The number of amidine groups is 1. The van der Waals surface area contributed by atoms with E-state index >= 15 is 0 Å². The fraction of sp³-hybridized carbons (Fsp3) is 0.474. The van der Waals surface area contributed by atoms with Crippen molar-refractivity contribution < 1.29 is 19.0 Å². The first-order valence-corrected chi connectivity index (χ1v) is 9.40. The van der Waals surface area contributed by atoms with Crippen molar-refractivity contribution in [2.24, 2.45) is 4.99 Å². The first kappa shape index (κ1) is 20.2. The third kappa shape index (κ3) is 4.52. The molecule has 1 heterocycles. The molecule has 0 aliphatic carbocycles. The van der Waals surface area contributed by atoms with Gasteiger partial charge in [0.2, 0.25) is 0 Å². The minimum atomic E-state index is -0.502. The number of hydrogen-bond donors (Lipinski definition) is 1. The summed E-state index contributed by atoms with van der Waals surface area (Å²) in [7, 11) is 3.19. The van der Waals surface area contributed by atoms with Crippen molar-refractivity contribution in [1.82, 2.24) is 5.32 Å². The van der Waals surface area contributed by atoms with Gasteiger partial charge < -0.3 is 19.5 Å². The topological polar surface area (TPSA) is 69.2 Å². The van der Waals surface area contributed by atoms with Crippen molar-refractivity contribution in [3.63, 3.8) is 0 Å². The van der Waals surface area contributed by atoms with Crippen molar-refractivity contribution in [2.45, 2.75) is 39.0 Å². The van der Waals surface area contributed by atoms with Gasteiger partial charge in [-0.25, -0.2) is 9.79 Å². The molecule has 1 aliphatic heterocycles. The third-order valence-electron chi connectivity index (χ3n) is 3.80. The molecule has 1 aromatic carbocycles. The summed E-state index contributed by atoms with van der Waals surface area (Å²) in [5.41, 5.74) is 2.02. The molecular formula is C19H26N2O4S. The number of rotatable bonds is 6. The highest BCUT2D eigenvalue weighted by molar-refractivity contribution is 8.14. The van der Waals surface area contributed by atoms with E-state index in [4.69, 9.17) is 19.2 Å². The van der Waals surface area contributed by atoms with Crippen LogP contribution in [0.5, 0.6) is 11.5 Å². The van der Waals surface area contributed by atoms with E-state index in [9.17, 15) is 4.79 Å². The zero-order valence-corrected chi connectivity index (χ0v) is 16.9. The summed E-state index contributed by atoms with van der Waals surface area (Å²) in [6.07, 6.45) is 0. The molecule has 0 bridgehead atoms. The normalized spacial score (nSPS) is 16.9. The summed E-state index contributed by atoms with van der Waals surface area (Å²) in [5, 5.41) is 4.35. The van der Waals surface area contributed by atoms with Crippen molar-refractivity contribution >= 4 is 22.9 Å². The van der Waals surface area contributed by atoms with Crippen molar-refractivity contribution in [3.05, 3.63) is 35.0 Å². The van der Waals surface area contributed by atoms with Crippen LogP contribution < -0.4 is 14.8 Å². The van der Waals surface area contributed by atoms with Gasteiger partial charge >= 0.3 is 5.97 Å². The molecule has 2 rings (SSSR count). The Bertz CT molecular complexity index is 728. The first-order chi connectivity index (χ1) is 12.4. The third-order valence-corrected chi connectivity index (χ3v) is 4.70. The standard InChI is InChI=1S/C19H26N2O4S/c1-7-25-18(22)16-12(4)20-19(26-11(2)3)21-17(16)14-9-8-13(23-5)10-15(14)24-6/h8-11,17H,7H2,1-6H3,(H,20,21)/t17-/m0/s1. The zero-order valence-electron chi connectivity index (χ0n) is 16.1. The lowest BCUT2D eigenvalue weighted by Gasteiger charge is -2.27. The molecule has 6 nitrogen and oxygen atoms in total. The van der Waals surface area contributed by atoms with Gasteiger partial charge in [-0.1, -0.05) is 25.6 Å². The molecule has 7 heteroatoms. The predicted octanol–water partition coefficient (Wildman–Crippen LogP) is 3.68. The number of ether oxygens (including phenoxy) is 3. The number of benzene rings is 1. The van der Waals surface area contributed by atoms with Crippen LogP contribution in [0.2, 0.25) is 0 Å². The van der Waals surface area contributed by atoms with Crippen molar-refractivity contribution in [2.75, 3.05) is 20.8 Å². The van der Waals surface area contributed by atoms with Crippen molar-refractivity contribution in [3.8, 4) is 11.5 Å². The lowest BCUT2D eigenvalue weighted by atomic mass is 9.95. The Morgan fingerprint density at radius 3 is 2.62 bits per heavy atom. The molecule has 1 aromatic rings. The molecule has 0 saturated carbocycles. The Labute approximate surface area is 159 Å². The van der Waals surface area contributed by atoms with Gasteiger partial charge in [-0.05, 0) is 26.0 Å². The van der Waals surface area contributed by atoms with Crippen LogP contribution in [0.1, 0.15) is 39.3 Å². The van der Waals surface area contributed by atoms with E-state index in [1.54, 1.807) is 39.0 Å². The van der Waals surface area contributed by atoms with E-state index in [0.29, 0.717) is 28.9 Å². The van der Waals surface area contributed by atoms with Crippen LogP contribution in [0.4, 0.5) is 0 Å². The number of allylic oxidation sites excluding steroid dienone is 1. The number of methoxy groups -OCH3 is 2. The van der Waals surface area contributed by atoms with Gasteiger partial charge in [0.05, 0.1) is 26.4 Å². The van der Waals surface area contributed by atoms with E-state index in [2.05, 4.69) is 19.2 Å². The van der Waals surface area contributed by atoms with Crippen molar-refractivity contribution in [1.29, 1.82) is 0 Å². The molecular weight excluding hydrogens is 352 g/mol. The quantitative estimate of drug-likeness (QED) is 0.762. The Hall–Kier alpha value is -2.15. The second-order valence-corrected chi connectivity index (χ2v) is 7.56. The zero-order chi connectivity index (χ0) is 19.3. The fourth-order valence-corrected chi connectivity index (χ4v) is 3.50. The van der Waals surface area contributed by atoms with Gasteiger partial charge in [0, 0.05) is 22.6 Å². The van der Waals surface area contributed by atoms with E-state index in [0.717, 1.165) is 16.4 Å². The summed E-state index contributed by atoms with van der Waals surface area (Å²) >= 11 is 1.61. The van der Waals surface area contributed by atoms with Crippen LogP contribution in [-0.4, -0.2) is 37.2 Å². The largest absolute Gasteiger partial charge is 0.497 e. The van der Waals surface area contributed by atoms with Gasteiger partial charge in [0.1, 0.15) is 17.5 Å². The summed E-state index contributed by atoms with van der Waals surface area (Å²) in [5.74, 6) is 0.917. The van der Waals surface area contributed by atoms with Crippen LogP contribution in [-0.2, 0) is 9.53 Å². The van der Waals surface area contributed by atoms with Gasteiger partial charge in [0.25, 0.3) is 0 Å². The summed E-state index contributed by atoms with van der Waals surface area (Å²) < 4.78 is 16.1. The van der Waals surface area contributed by atoms with Gasteiger partial charge in [0.15, 0.2) is 5.17 Å². The summed E-state index contributed by atoms with van der Waals surface area (Å²) in [6.45, 7) is 8.15. The molecule has 1 N–H and O–H groups in total. The van der Waals surface area contributed by atoms with E-state index in [1.807, 2.05) is 19.1 Å². The summed E-state index contributed by atoms with van der Waals surface area (Å²) in [6, 6.07) is 5.00. The van der Waals surface area contributed by atoms with Crippen LogP contribution in [0.15, 0.2) is 34.5 Å². The number of hydrogen-bond acceptors (Lipinski definition) is 7. The molecule has 1 atom stereocenters. The maximum absolute atomic E-state index is 12.6. The molecule has 1 aliphatic rings. The monoisotopic (exact) mass is 378 g/mol. The molecule has 0 spiro atoms. The number of thioether (sulfide) groups is 1. The Morgan fingerprint density at radius 2 is 2.04 bits per heavy atom. The summed E-state index contributed by atoms with van der Waals surface area (Å²) in [4.78, 5) is 17.4. The van der Waals surface area contributed by atoms with Gasteiger partial charge in [-0.3, -0.25) is 0 Å². The van der Waals surface area contributed by atoms with Crippen LogP contribution in [0, 0.1) is 0 Å². The number of nitrogens with one attached hydrogen (secondary N) is 1. The molecule has 0 unspecified atom stereocenters. The molecule has 142 valence electrons. The fourth-order valence-electron chi connectivity index (χ4n) is 2.67. The molecule has 0 aromatic heterocycles. The van der Waals surface area contributed by atoms with Crippen LogP contribution in [0.25, 0.3) is 0 Å². The number of aliphatic imine (C=N–C) groups is 1. The Balaban J connectivity index is 2.55. The maximum Gasteiger partial charge on any atom is 0.338 e. The number of carbonyl (C=O) groups excluding carboxylic acids is 1. The highest BCUT2D eigenvalue weighted by atomic mass is 32.2. The second kappa shape index (κ2) is 8.98. The average Bonchev–Trinajstić information content (AvgIpc) is 2.60. The van der Waals surface area contributed by atoms with Gasteiger partial charge in [-0.2, -0.15) is 0 Å². The lowest BCUT2D eigenvalue weighted by molar-refractivity contribution is -0.138.